The van der Waals surface area contributed by atoms with Crippen molar-refractivity contribution in [1.29, 1.82) is 0 Å². The van der Waals surface area contributed by atoms with Gasteiger partial charge in [-0.3, -0.25) is 4.79 Å². The van der Waals surface area contributed by atoms with Crippen LogP contribution in [0.3, 0.4) is 0 Å². The lowest BCUT2D eigenvalue weighted by Gasteiger charge is -2.16. The molecular weight excluding hydrogens is 252 g/mol. The minimum atomic E-state index is -0.889. The van der Waals surface area contributed by atoms with Crippen molar-refractivity contribution >= 4 is 23.8 Å². The Bertz CT molecular complexity index is 260. The largest absolute Gasteiger partial charge is 0.481 e. The molecule has 0 bridgehead atoms. The summed E-state index contributed by atoms with van der Waals surface area (Å²) in [6.45, 7) is 5.25. The Morgan fingerprint density at radius 3 is 2.61 bits per heavy atom. The topological polar surface area (TPSA) is 69.6 Å². The highest BCUT2D eigenvalue weighted by molar-refractivity contribution is 7.99. The lowest BCUT2D eigenvalue weighted by atomic mass is 10.3. The van der Waals surface area contributed by atoms with E-state index in [4.69, 9.17) is 5.11 Å². The molecule has 0 aliphatic rings. The number of nitrogens with zero attached hydrogens (tertiary/aromatic N) is 1. The number of rotatable bonds is 9. The van der Waals surface area contributed by atoms with E-state index in [0.717, 1.165) is 17.9 Å². The number of carbonyl (C=O) groups excluding carboxylic acids is 1. The van der Waals surface area contributed by atoms with Crippen LogP contribution in [0.25, 0.3) is 0 Å². The number of hydrogen-bond donors (Lipinski definition) is 2. The van der Waals surface area contributed by atoms with Gasteiger partial charge in [-0.25, -0.2) is 4.79 Å². The number of thioether (sulfide) groups is 1. The number of carbonyl (C=O) groups is 2. The lowest BCUT2D eigenvalue weighted by molar-refractivity contribution is -0.137. The Morgan fingerprint density at radius 2 is 2.06 bits per heavy atom. The highest BCUT2D eigenvalue weighted by Gasteiger charge is 2.08. The Labute approximate surface area is 113 Å². The highest BCUT2D eigenvalue weighted by Crippen LogP contribution is 2.07. The maximum Gasteiger partial charge on any atom is 0.317 e. The Hall–Kier alpha value is -0.910. The van der Waals surface area contributed by atoms with Crippen molar-refractivity contribution in [3.05, 3.63) is 0 Å². The molecule has 0 saturated heterocycles. The Kier molecular flexibility index (Phi) is 9.55. The number of aliphatic carboxylic acids is 1. The third-order valence-corrected chi connectivity index (χ3v) is 3.68. The molecule has 0 heterocycles. The van der Waals surface area contributed by atoms with Crippen LogP contribution in [0.5, 0.6) is 0 Å². The van der Waals surface area contributed by atoms with E-state index in [1.54, 1.807) is 7.05 Å². The number of amides is 2. The number of urea groups is 1. The summed E-state index contributed by atoms with van der Waals surface area (Å²) in [6, 6.07) is -0.204. The van der Waals surface area contributed by atoms with Gasteiger partial charge in [0, 0.05) is 20.1 Å². The van der Waals surface area contributed by atoms with Gasteiger partial charge in [0.1, 0.15) is 0 Å². The fraction of sp³-hybridized carbons (Fsp3) is 0.833. The van der Waals surface area contributed by atoms with E-state index in [2.05, 4.69) is 19.2 Å². The van der Waals surface area contributed by atoms with Gasteiger partial charge in [0.2, 0.25) is 0 Å². The predicted molar refractivity (Wildman–Crippen MR) is 75.1 cm³/mol. The average Bonchev–Trinajstić information content (AvgIpc) is 2.29. The predicted octanol–water partition coefficient (Wildman–Crippen LogP) is 1.88. The molecule has 0 aliphatic carbocycles. The van der Waals surface area contributed by atoms with Gasteiger partial charge in [0.05, 0.1) is 6.42 Å². The Balaban J connectivity index is 3.49. The molecule has 0 aliphatic heterocycles. The van der Waals surface area contributed by atoms with Crippen LogP contribution in [0.2, 0.25) is 0 Å². The molecule has 0 spiro atoms. The maximum absolute atomic E-state index is 11.5. The number of carboxylic acids is 1. The van der Waals surface area contributed by atoms with Gasteiger partial charge in [-0.05, 0) is 23.8 Å². The first-order chi connectivity index (χ1) is 8.43. The second-order valence-electron chi connectivity index (χ2n) is 4.62. The standard InChI is InChI=1S/C12H24N2O3S/c1-10(2)9-18-8-4-6-13-12(17)14(3)7-5-11(15)16/h10H,4-9H2,1-3H3,(H,13,17)(H,15,16). The van der Waals surface area contributed by atoms with E-state index in [1.807, 2.05) is 11.8 Å². The highest BCUT2D eigenvalue weighted by atomic mass is 32.2. The molecule has 0 aromatic rings. The lowest BCUT2D eigenvalue weighted by Crippen LogP contribution is -2.38. The van der Waals surface area contributed by atoms with Crippen molar-refractivity contribution in [3.63, 3.8) is 0 Å². The first-order valence-corrected chi connectivity index (χ1v) is 7.37. The van der Waals surface area contributed by atoms with Gasteiger partial charge in [-0.1, -0.05) is 13.8 Å². The molecule has 2 amide bonds. The normalized spacial score (nSPS) is 10.4. The summed E-state index contributed by atoms with van der Waals surface area (Å²) in [4.78, 5) is 23.3. The molecule has 0 aromatic heterocycles. The minimum absolute atomic E-state index is 0.0197. The first kappa shape index (κ1) is 17.1. The summed E-state index contributed by atoms with van der Waals surface area (Å²) >= 11 is 1.89. The summed E-state index contributed by atoms with van der Waals surface area (Å²) < 4.78 is 0. The van der Waals surface area contributed by atoms with E-state index in [1.165, 1.54) is 4.90 Å². The smallest absolute Gasteiger partial charge is 0.317 e. The molecule has 0 atom stereocenters. The van der Waals surface area contributed by atoms with E-state index >= 15 is 0 Å². The van der Waals surface area contributed by atoms with Crippen LogP contribution >= 0.6 is 11.8 Å². The van der Waals surface area contributed by atoms with E-state index < -0.39 is 5.97 Å². The first-order valence-electron chi connectivity index (χ1n) is 6.22. The quantitative estimate of drug-likeness (QED) is 0.631. The molecule has 0 fully saturated rings. The van der Waals surface area contributed by atoms with Crippen LogP contribution in [0, 0.1) is 5.92 Å². The van der Waals surface area contributed by atoms with E-state index in [-0.39, 0.29) is 19.0 Å². The zero-order valence-electron chi connectivity index (χ0n) is 11.4. The van der Waals surface area contributed by atoms with E-state index in [0.29, 0.717) is 12.5 Å². The van der Waals surface area contributed by atoms with Crippen molar-refractivity contribution in [2.45, 2.75) is 26.7 Å². The van der Waals surface area contributed by atoms with Gasteiger partial charge >= 0.3 is 12.0 Å². The molecule has 18 heavy (non-hydrogen) atoms. The Morgan fingerprint density at radius 1 is 1.39 bits per heavy atom. The van der Waals surface area contributed by atoms with Crippen LogP contribution in [-0.2, 0) is 4.79 Å². The summed E-state index contributed by atoms with van der Waals surface area (Å²) in [6.07, 6.45) is 0.921. The molecular formula is C12H24N2O3S. The molecule has 0 saturated carbocycles. The molecule has 106 valence electrons. The average molecular weight is 276 g/mol. The van der Waals surface area contributed by atoms with E-state index in [9.17, 15) is 9.59 Å². The van der Waals surface area contributed by atoms with Crippen molar-refractivity contribution in [2.75, 3.05) is 31.6 Å². The summed E-state index contributed by atoms with van der Waals surface area (Å²) in [5.41, 5.74) is 0. The minimum Gasteiger partial charge on any atom is -0.481 e. The molecule has 0 aromatic carbocycles. The zero-order valence-corrected chi connectivity index (χ0v) is 12.3. The SMILES string of the molecule is CC(C)CSCCCNC(=O)N(C)CCC(=O)O. The molecule has 5 nitrogen and oxygen atoms in total. The molecule has 0 rings (SSSR count). The van der Waals surface area contributed by atoms with Crippen LogP contribution in [-0.4, -0.2) is 53.6 Å². The van der Waals surface area contributed by atoms with Crippen LogP contribution in [0.4, 0.5) is 4.79 Å². The molecule has 6 heteroatoms. The molecule has 2 N–H and O–H groups in total. The summed E-state index contributed by atoms with van der Waals surface area (Å²) in [5, 5.41) is 11.3. The molecule has 0 unspecified atom stereocenters. The third-order valence-electron chi connectivity index (χ3n) is 2.20. The van der Waals surface area contributed by atoms with Crippen molar-refractivity contribution < 1.29 is 14.7 Å². The second-order valence-corrected chi connectivity index (χ2v) is 5.77. The summed E-state index contributed by atoms with van der Waals surface area (Å²) in [7, 11) is 1.60. The van der Waals surface area contributed by atoms with Crippen molar-refractivity contribution in [3.8, 4) is 0 Å². The maximum atomic E-state index is 11.5. The van der Waals surface area contributed by atoms with Gasteiger partial charge in [-0.15, -0.1) is 0 Å². The van der Waals surface area contributed by atoms with Gasteiger partial charge in [0.15, 0.2) is 0 Å². The number of hydrogen-bond acceptors (Lipinski definition) is 3. The van der Waals surface area contributed by atoms with Gasteiger partial charge in [0.25, 0.3) is 0 Å². The fourth-order valence-corrected chi connectivity index (χ4v) is 2.17. The van der Waals surface area contributed by atoms with Crippen LogP contribution in [0.15, 0.2) is 0 Å². The monoisotopic (exact) mass is 276 g/mol. The van der Waals surface area contributed by atoms with Gasteiger partial charge < -0.3 is 15.3 Å². The molecule has 0 radical (unpaired) electrons. The third kappa shape index (κ3) is 10.3. The second kappa shape index (κ2) is 10.1. The zero-order chi connectivity index (χ0) is 14.0. The summed E-state index contributed by atoms with van der Waals surface area (Å²) in [5.74, 6) is 2.00. The number of carboxylic acid groups (broad SMARTS) is 1. The van der Waals surface area contributed by atoms with Crippen LogP contribution < -0.4 is 5.32 Å². The number of nitrogens with one attached hydrogen (secondary N) is 1. The van der Waals surface area contributed by atoms with Crippen molar-refractivity contribution in [1.82, 2.24) is 10.2 Å². The van der Waals surface area contributed by atoms with Gasteiger partial charge in [-0.2, -0.15) is 11.8 Å². The van der Waals surface area contributed by atoms with Crippen LogP contribution in [0.1, 0.15) is 26.7 Å². The fourth-order valence-electron chi connectivity index (χ4n) is 1.19. The van der Waals surface area contributed by atoms with Crippen molar-refractivity contribution in [2.24, 2.45) is 5.92 Å².